The molecule has 0 bridgehead atoms. The van der Waals surface area contributed by atoms with Gasteiger partial charge in [-0.25, -0.2) is 8.42 Å². The maximum absolute atomic E-state index is 12.6. The van der Waals surface area contributed by atoms with Crippen LogP contribution in [0.5, 0.6) is 0 Å². The lowest BCUT2D eigenvalue weighted by molar-refractivity contribution is 0.442. The summed E-state index contributed by atoms with van der Waals surface area (Å²) >= 11 is 0. The molecule has 1 fully saturated rings. The average molecular weight is 288 g/mol. The van der Waals surface area contributed by atoms with Gasteiger partial charge in [0.15, 0.2) is 9.84 Å². The number of hydrogen-bond acceptors (Lipinski definition) is 2. The Morgan fingerprint density at radius 2 is 1.42 bits per heavy atom. The molecule has 0 amide bonds. The van der Waals surface area contributed by atoms with Crippen LogP contribution < -0.4 is 0 Å². The minimum absolute atomic E-state index is 0.00926. The average Bonchev–Trinajstić information content (AvgIpc) is 3.20. The normalized spacial score (nSPS) is 19.3. The van der Waals surface area contributed by atoms with Crippen molar-refractivity contribution in [3.05, 3.63) is 0 Å². The van der Waals surface area contributed by atoms with Crippen molar-refractivity contribution >= 4 is 9.84 Å². The molecular weight excluding hydrogens is 256 g/mol. The SMILES string of the molecule is CCCCCCCC(C)(CCCC)S(=O)(=O)C1CC1. The van der Waals surface area contributed by atoms with E-state index in [0.717, 1.165) is 44.9 Å². The van der Waals surface area contributed by atoms with Crippen LogP contribution in [0.25, 0.3) is 0 Å². The van der Waals surface area contributed by atoms with Gasteiger partial charge in [0.25, 0.3) is 0 Å². The number of hydrogen-bond donors (Lipinski definition) is 0. The van der Waals surface area contributed by atoms with Crippen molar-refractivity contribution in [3.63, 3.8) is 0 Å². The third kappa shape index (κ3) is 4.77. The summed E-state index contributed by atoms with van der Waals surface area (Å²) < 4.78 is 24.8. The zero-order chi connectivity index (χ0) is 14.4. The minimum Gasteiger partial charge on any atom is -0.228 e. The maximum Gasteiger partial charge on any atom is 0.158 e. The quantitative estimate of drug-likeness (QED) is 0.508. The van der Waals surface area contributed by atoms with Gasteiger partial charge in [0, 0.05) is 0 Å². The van der Waals surface area contributed by atoms with E-state index in [1.807, 2.05) is 6.92 Å². The van der Waals surface area contributed by atoms with Gasteiger partial charge in [0.05, 0.1) is 10.00 Å². The first-order valence-electron chi connectivity index (χ1n) is 8.21. The Balaban J connectivity index is 2.54. The highest BCUT2D eigenvalue weighted by Crippen LogP contribution is 2.41. The van der Waals surface area contributed by atoms with Gasteiger partial charge in [-0.05, 0) is 32.6 Å². The van der Waals surface area contributed by atoms with Crippen molar-refractivity contribution in [2.75, 3.05) is 0 Å². The van der Waals surface area contributed by atoms with Crippen LogP contribution in [0.1, 0.15) is 91.4 Å². The molecule has 1 atom stereocenters. The first-order chi connectivity index (χ1) is 8.98. The zero-order valence-electron chi connectivity index (χ0n) is 13.1. The highest BCUT2D eigenvalue weighted by atomic mass is 32.2. The molecule has 1 unspecified atom stereocenters. The molecule has 0 spiro atoms. The van der Waals surface area contributed by atoms with E-state index in [1.165, 1.54) is 25.7 Å². The molecule has 114 valence electrons. The third-order valence-corrected chi connectivity index (χ3v) is 7.65. The first kappa shape index (κ1) is 17.0. The van der Waals surface area contributed by atoms with Crippen molar-refractivity contribution in [1.29, 1.82) is 0 Å². The molecule has 0 saturated heterocycles. The van der Waals surface area contributed by atoms with Crippen LogP contribution in [-0.2, 0) is 9.84 Å². The predicted octanol–water partition coefficient (Wildman–Crippen LogP) is 4.87. The lowest BCUT2D eigenvalue weighted by Crippen LogP contribution is -2.38. The molecule has 0 aromatic carbocycles. The van der Waals surface area contributed by atoms with Crippen LogP contribution in [0.15, 0.2) is 0 Å². The maximum atomic E-state index is 12.6. The molecule has 0 radical (unpaired) electrons. The molecule has 0 N–H and O–H groups in total. The van der Waals surface area contributed by atoms with Gasteiger partial charge in [-0.15, -0.1) is 0 Å². The molecule has 0 aromatic heterocycles. The fourth-order valence-electron chi connectivity index (χ4n) is 2.84. The van der Waals surface area contributed by atoms with E-state index in [9.17, 15) is 8.42 Å². The Bertz CT molecular complexity index is 344. The lowest BCUT2D eigenvalue weighted by atomic mass is 9.96. The van der Waals surface area contributed by atoms with E-state index in [1.54, 1.807) is 0 Å². The summed E-state index contributed by atoms with van der Waals surface area (Å²) in [6.45, 7) is 6.37. The van der Waals surface area contributed by atoms with Crippen molar-refractivity contribution in [3.8, 4) is 0 Å². The standard InChI is InChI=1S/C16H32O2S/c1-4-6-8-9-10-14-16(3,13-7-5-2)19(17,18)15-11-12-15/h15H,4-14H2,1-3H3. The van der Waals surface area contributed by atoms with Crippen molar-refractivity contribution in [2.24, 2.45) is 0 Å². The molecule has 1 saturated carbocycles. The topological polar surface area (TPSA) is 34.1 Å². The Morgan fingerprint density at radius 3 is 1.95 bits per heavy atom. The second-order valence-electron chi connectivity index (χ2n) is 6.46. The highest BCUT2D eigenvalue weighted by molar-refractivity contribution is 7.93. The lowest BCUT2D eigenvalue weighted by Gasteiger charge is -2.29. The molecule has 1 rings (SSSR count). The molecule has 1 aliphatic rings. The summed E-state index contributed by atoms with van der Waals surface area (Å²) in [4.78, 5) is 0. The largest absolute Gasteiger partial charge is 0.228 e. The summed E-state index contributed by atoms with van der Waals surface area (Å²) in [7, 11) is -2.89. The fourth-order valence-corrected chi connectivity index (χ4v) is 5.26. The predicted molar refractivity (Wildman–Crippen MR) is 83.2 cm³/mol. The number of sulfone groups is 1. The highest BCUT2D eigenvalue weighted by Gasteiger charge is 2.47. The van der Waals surface area contributed by atoms with Crippen molar-refractivity contribution in [2.45, 2.75) is 101 Å². The van der Waals surface area contributed by atoms with E-state index >= 15 is 0 Å². The fraction of sp³-hybridized carbons (Fsp3) is 1.00. The van der Waals surface area contributed by atoms with E-state index < -0.39 is 14.6 Å². The number of unbranched alkanes of at least 4 members (excludes halogenated alkanes) is 5. The van der Waals surface area contributed by atoms with Crippen LogP contribution in [-0.4, -0.2) is 18.4 Å². The van der Waals surface area contributed by atoms with E-state index in [4.69, 9.17) is 0 Å². The first-order valence-corrected chi connectivity index (χ1v) is 9.76. The summed E-state index contributed by atoms with van der Waals surface area (Å²) in [6.07, 6.45) is 11.7. The van der Waals surface area contributed by atoms with Gasteiger partial charge in [0.2, 0.25) is 0 Å². The smallest absolute Gasteiger partial charge is 0.158 e. The second-order valence-corrected chi connectivity index (χ2v) is 9.20. The Hall–Kier alpha value is -0.0500. The Morgan fingerprint density at radius 1 is 0.895 bits per heavy atom. The van der Waals surface area contributed by atoms with Gasteiger partial charge >= 0.3 is 0 Å². The second kappa shape index (κ2) is 7.66. The molecule has 3 heteroatoms. The molecule has 0 heterocycles. The summed E-state index contributed by atoms with van der Waals surface area (Å²) in [5.74, 6) is 0. The van der Waals surface area contributed by atoms with Gasteiger partial charge in [-0.2, -0.15) is 0 Å². The van der Waals surface area contributed by atoms with Crippen LogP contribution in [0.2, 0.25) is 0 Å². The van der Waals surface area contributed by atoms with Gasteiger partial charge < -0.3 is 0 Å². The summed E-state index contributed by atoms with van der Waals surface area (Å²) in [5, 5.41) is -0.00926. The van der Waals surface area contributed by atoms with Gasteiger partial charge in [0.1, 0.15) is 0 Å². The third-order valence-electron chi connectivity index (χ3n) is 4.52. The molecular formula is C16H32O2S. The van der Waals surface area contributed by atoms with Crippen molar-refractivity contribution < 1.29 is 8.42 Å². The Labute approximate surface area is 120 Å². The van der Waals surface area contributed by atoms with Crippen LogP contribution >= 0.6 is 0 Å². The van der Waals surface area contributed by atoms with Gasteiger partial charge in [-0.1, -0.05) is 58.8 Å². The molecule has 2 nitrogen and oxygen atoms in total. The monoisotopic (exact) mass is 288 g/mol. The van der Waals surface area contributed by atoms with E-state index in [0.29, 0.717) is 0 Å². The van der Waals surface area contributed by atoms with E-state index in [2.05, 4.69) is 13.8 Å². The molecule has 1 aliphatic carbocycles. The van der Waals surface area contributed by atoms with Crippen molar-refractivity contribution in [1.82, 2.24) is 0 Å². The van der Waals surface area contributed by atoms with Crippen LogP contribution in [0.4, 0.5) is 0 Å². The number of rotatable bonds is 11. The molecule has 0 aliphatic heterocycles. The van der Waals surface area contributed by atoms with Crippen LogP contribution in [0, 0.1) is 0 Å². The summed E-state index contributed by atoms with van der Waals surface area (Å²) in [6, 6.07) is 0. The van der Waals surface area contributed by atoms with Gasteiger partial charge in [-0.3, -0.25) is 0 Å². The zero-order valence-corrected chi connectivity index (χ0v) is 13.9. The molecule has 19 heavy (non-hydrogen) atoms. The molecule has 0 aromatic rings. The minimum atomic E-state index is -2.89. The summed E-state index contributed by atoms with van der Waals surface area (Å²) in [5.41, 5.74) is 0. The Kier molecular flexibility index (Phi) is 6.85. The van der Waals surface area contributed by atoms with Crippen LogP contribution in [0.3, 0.4) is 0 Å². The van der Waals surface area contributed by atoms with E-state index in [-0.39, 0.29) is 5.25 Å².